The van der Waals surface area contributed by atoms with Gasteiger partial charge in [-0.2, -0.15) is 8.42 Å². The minimum Gasteiger partial charge on any atom is -0.285 e. The summed E-state index contributed by atoms with van der Waals surface area (Å²) in [5.41, 5.74) is 0.907. The highest BCUT2D eigenvalue weighted by Gasteiger charge is 2.48. The van der Waals surface area contributed by atoms with Gasteiger partial charge in [-0.15, -0.1) is 0 Å². The van der Waals surface area contributed by atoms with E-state index in [0.717, 1.165) is 5.57 Å². The Labute approximate surface area is 66.9 Å². The van der Waals surface area contributed by atoms with Crippen molar-refractivity contribution in [3.63, 3.8) is 0 Å². The smallest absolute Gasteiger partial charge is 0.271 e. The lowest BCUT2D eigenvalue weighted by molar-refractivity contribution is 0.364. The number of allylic oxidation sites excluding steroid dienone is 1. The van der Waals surface area contributed by atoms with Crippen molar-refractivity contribution < 1.29 is 13.0 Å². The highest BCUT2D eigenvalue weighted by atomic mass is 32.2. The summed E-state index contributed by atoms with van der Waals surface area (Å²) >= 11 is 0. The van der Waals surface area contributed by atoms with E-state index in [1.807, 2.05) is 0 Å². The van der Waals surface area contributed by atoms with Gasteiger partial charge in [0.05, 0.1) is 0 Å². The molecule has 1 rings (SSSR count). The molecular formula is C7H12O3S. The molecule has 0 aromatic carbocycles. The van der Waals surface area contributed by atoms with Crippen molar-refractivity contribution in [3.05, 3.63) is 12.2 Å². The number of rotatable bonds is 2. The molecule has 64 valence electrons. The summed E-state index contributed by atoms with van der Waals surface area (Å²) in [4.78, 5) is 0. The van der Waals surface area contributed by atoms with Gasteiger partial charge >= 0.3 is 0 Å². The second-order valence-electron chi connectivity index (χ2n) is 3.12. The van der Waals surface area contributed by atoms with Gasteiger partial charge in [0.1, 0.15) is 4.75 Å². The molecule has 4 heteroatoms. The predicted octanol–water partition coefficient (Wildman–Crippen LogP) is 1.37. The lowest BCUT2D eigenvalue weighted by Gasteiger charge is -2.39. The minimum atomic E-state index is -3.87. The van der Waals surface area contributed by atoms with Crippen LogP contribution in [0.15, 0.2) is 12.2 Å². The molecule has 1 N–H and O–H groups in total. The summed E-state index contributed by atoms with van der Waals surface area (Å²) in [6.45, 7) is 5.41. The Morgan fingerprint density at radius 2 is 2.09 bits per heavy atom. The molecular weight excluding hydrogens is 164 g/mol. The maximum Gasteiger partial charge on any atom is 0.271 e. The normalized spacial score (nSPS) is 22.9. The van der Waals surface area contributed by atoms with E-state index in [0.29, 0.717) is 19.3 Å². The van der Waals surface area contributed by atoms with Crippen molar-refractivity contribution in [1.29, 1.82) is 0 Å². The molecule has 0 radical (unpaired) electrons. The Hall–Kier alpha value is -0.350. The van der Waals surface area contributed by atoms with Crippen LogP contribution in [0.1, 0.15) is 26.2 Å². The van der Waals surface area contributed by atoms with E-state index in [4.69, 9.17) is 4.55 Å². The number of hydrogen-bond acceptors (Lipinski definition) is 2. The molecule has 3 nitrogen and oxygen atoms in total. The molecule has 1 saturated carbocycles. The zero-order chi connectivity index (χ0) is 8.70. The van der Waals surface area contributed by atoms with Gasteiger partial charge in [0, 0.05) is 0 Å². The fourth-order valence-electron chi connectivity index (χ4n) is 1.47. The van der Waals surface area contributed by atoms with E-state index < -0.39 is 14.9 Å². The van der Waals surface area contributed by atoms with E-state index in [1.165, 1.54) is 0 Å². The van der Waals surface area contributed by atoms with Gasteiger partial charge < -0.3 is 0 Å². The second-order valence-corrected chi connectivity index (χ2v) is 4.93. The third kappa shape index (κ3) is 1.20. The molecule has 11 heavy (non-hydrogen) atoms. The van der Waals surface area contributed by atoms with E-state index in [1.54, 1.807) is 6.92 Å². The van der Waals surface area contributed by atoms with Gasteiger partial charge in [0.2, 0.25) is 0 Å². The largest absolute Gasteiger partial charge is 0.285 e. The van der Waals surface area contributed by atoms with Crippen LogP contribution in [0.3, 0.4) is 0 Å². The first-order valence-electron chi connectivity index (χ1n) is 3.55. The molecule has 1 aliphatic rings. The topological polar surface area (TPSA) is 54.4 Å². The predicted molar refractivity (Wildman–Crippen MR) is 42.9 cm³/mol. The van der Waals surface area contributed by atoms with Gasteiger partial charge in [-0.3, -0.25) is 4.55 Å². The van der Waals surface area contributed by atoms with E-state index in [-0.39, 0.29) is 0 Å². The zero-order valence-electron chi connectivity index (χ0n) is 6.50. The minimum absolute atomic E-state index is 0.419. The summed E-state index contributed by atoms with van der Waals surface area (Å²) in [7, 11) is -3.87. The van der Waals surface area contributed by atoms with Crippen LogP contribution in [0.2, 0.25) is 0 Å². The van der Waals surface area contributed by atoms with Crippen molar-refractivity contribution in [2.75, 3.05) is 0 Å². The first-order chi connectivity index (χ1) is 4.91. The second kappa shape index (κ2) is 2.32. The third-order valence-corrected chi connectivity index (χ3v) is 4.01. The van der Waals surface area contributed by atoms with Gasteiger partial charge in [-0.05, 0) is 19.3 Å². The Morgan fingerprint density at radius 3 is 2.18 bits per heavy atom. The van der Waals surface area contributed by atoms with Crippen LogP contribution in [0.25, 0.3) is 0 Å². The average Bonchev–Trinajstić information content (AvgIpc) is 1.77. The van der Waals surface area contributed by atoms with Crippen LogP contribution >= 0.6 is 0 Å². The van der Waals surface area contributed by atoms with E-state index in [9.17, 15) is 8.42 Å². The first kappa shape index (κ1) is 8.74. The van der Waals surface area contributed by atoms with E-state index in [2.05, 4.69) is 6.58 Å². The lowest BCUT2D eigenvalue weighted by atomic mass is 9.78. The summed E-state index contributed by atoms with van der Waals surface area (Å²) in [6.07, 6.45) is 1.30. The van der Waals surface area contributed by atoms with Crippen LogP contribution in [-0.4, -0.2) is 17.7 Å². The maximum absolute atomic E-state index is 10.8. The summed E-state index contributed by atoms with van der Waals surface area (Å²) < 4.78 is 29.6. The van der Waals surface area contributed by atoms with Crippen LogP contribution in [-0.2, 0) is 10.1 Å². The molecule has 0 aliphatic heterocycles. The van der Waals surface area contributed by atoms with Crippen LogP contribution in [0.4, 0.5) is 0 Å². The standard InChI is InChI=1S/C7H12O3S/c1-3-7(11(8,9)10)4-6(2)5-7/h2-5H2,1H3,(H,8,9,10). The van der Waals surface area contributed by atoms with Gasteiger partial charge in [-0.25, -0.2) is 0 Å². The van der Waals surface area contributed by atoms with Crippen LogP contribution in [0.5, 0.6) is 0 Å². The summed E-state index contributed by atoms with van der Waals surface area (Å²) in [5.74, 6) is 0. The lowest BCUT2D eigenvalue weighted by Crippen LogP contribution is -2.45. The van der Waals surface area contributed by atoms with Crippen molar-refractivity contribution in [2.24, 2.45) is 0 Å². The quantitative estimate of drug-likeness (QED) is 0.510. The Morgan fingerprint density at radius 1 is 1.64 bits per heavy atom. The Kier molecular flexibility index (Phi) is 1.84. The zero-order valence-corrected chi connectivity index (χ0v) is 7.32. The molecule has 0 unspecified atom stereocenters. The molecule has 0 saturated heterocycles. The molecule has 0 aromatic heterocycles. The summed E-state index contributed by atoms with van der Waals surface area (Å²) in [5, 5.41) is 0. The Balaban J connectivity index is 2.90. The van der Waals surface area contributed by atoms with Crippen LogP contribution < -0.4 is 0 Å². The van der Waals surface area contributed by atoms with Crippen molar-refractivity contribution >= 4 is 10.1 Å². The molecule has 1 fully saturated rings. The molecule has 0 amide bonds. The molecule has 1 aliphatic carbocycles. The van der Waals surface area contributed by atoms with Gasteiger partial charge in [0.15, 0.2) is 0 Å². The summed E-state index contributed by atoms with van der Waals surface area (Å²) in [6, 6.07) is 0. The van der Waals surface area contributed by atoms with Crippen molar-refractivity contribution in [1.82, 2.24) is 0 Å². The van der Waals surface area contributed by atoms with Gasteiger partial charge in [-0.1, -0.05) is 19.1 Å². The fourth-order valence-corrected chi connectivity index (χ4v) is 2.61. The number of hydrogen-bond donors (Lipinski definition) is 1. The van der Waals surface area contributed by atoms with Gasteiger partial charge in [0.25, 0.3) is 10.1 Å². The maximum atomic E-state index is 10.8. The average molecular weight is 176 g/mol. The van der Waals surface area contributed by atoms with Crippen molar-refractivity contribution in [2.45, 2.75) is 30.9 Å². The van der Waals surface area contributed by atoms with Crippen LogP contribution in [0, 0.1) is 0 Å². The van der Waals surface area contributed by atoms with E-state index >= 15 is 0 Å². The molecule has 0 aromatic rings. The van der Waals surface area contributed by atoms with Crippen molar-refractivity contribution in [3.8, 4) is 0 Å². The highest BCUT2D eigenvalue weighted by molar-refractivity contribution is 7.87. The molecule has 0 bridgehead atoms. The highest BCUT2D eigenvalue weighted by Crippen LogP contribution is 2.44. The molecule has 0 heterocycles. The SMILES string of the molecule is C=C1CC(CC)(S(=O)(=O)O)C1. The Bertz CT molecular complexity index is 268. The molecule has 0 spiro atoms. The molecule has 0 atom stereocenters. The first-order valence-corrected chi connectivity index (χ1v) is 4.99. The third-order valence-electron chi connectivity index (χ3n) is 2.34. The monoisotopic (exact) mass is 176 g/mol. The fraction of sp³-hybridized carbons (Fsp3) is 0.714.